The van der Waals surface area contributed by atoms with Crippen LogP contribution in [-0.2, 0) is 16.6 Å². The third kappa shape index (κ3) is 4.13. The summed E-state index contributed by atoms with van der Waals surface area (Å²) in [6.07, 6.45) is 3.13. The second kappa shape index (κ2) is 7.30. The van der Waals surface area contributed by atoms with E-state index in [9.17, 15) is 13.2 Å². The van der Waals surface area contributed by atoms with Gasteiger partial charge in [-0.2, -0.15) is 0 Å². The van der Waals surface area contributed by atoms with Crippen LogP contribution in [0.25, 0.3) is 11.0 Å². The molecule has 4 rings (SSSR count). The quantitative estimate of drug-likeness (QED) is 0.675. The largest absolute Gasteiger partial charge is 0.468 e. The summed E-state index contributed by atoms with van der Waals surface area (Å²) >= 11 is 0. The molecule has 0 radical (unpaired) electrons. The number of nitrogens with one attached hydrogen (secondary N) is 1. The number of rotatable bonds is 5. The molecule has 3 aromatic rings. The zero-order chi connectivity index (χ0) is 18.9. The SMILES string of the molecule is O=c1ccc2cc(S(=O)(=O)NC3CCN(Cc4ccco4)CC3)ccc2o1. The highest BCUT2D eigenvalue weighted by Gasteiger charge is 2.25. The predicted molar refractivity (Wildman–Crippen MR) is 99.8 cm³/mol. The number of hydrogen-bond acceptors (Lipinski definition) is 6. The van der Waals surface area contributed by atoms with E-state index in [1.165, 1.54) is 24.3 Å². The lowest BCUT2D eigenvalue weighted by Crippen LogP contribution is -2.44. The molecule has 3 heterocycles. The molecule has 0 unspecified atom stereocenters. The van der Waals surface area contributed by atoms with Crippen molar-refractivity contribution in [3.8, 4) is 0 Å². The molecular weight excluding hydrogens is 368 g/mol. The van der Waals surface area contributed by atoms with Crippen molar-refractivity contribution in [2.24, 2.45) is 0 Å². The summed E-state index contributed by atoms with van der Waals surface area (Å²) in [7, 11) is -3.64. The number of furan rings is 1. The summed E-state index contributed by atoms with van der Waals surface area (Å²) in [5, 5.41) is 0.575. The fraction of sp³-hybridized carbons (Fsp3) is 0.316. The van der Waals surface area contributed by atoms with E-state index in [4.69, 9.17) is 8.83 Å². The Morgan fingerprint density at radius 1 is 1.11 bits per heavy atom. The van der Waals surface area contributed by atoms with Crippen LogP contribution in [0.1, 0.15) is 18.6 Å². The lowest BCUT2D eigenvalue weighted by atomic mass is 10.1. The second-order valence-electron chi connectivity index (χ2n) is 6.71. The minimum atomic E-state index is -3.64. The van der Waals surface area contributed by atoms with Crippen LogP contribution in [0.5, 0.6) is 0 Å². The van der Waals surface area contributed by atoms with E-state index >= 15 is 0 Å². The summed E-state index contributed by atoms with van der Waals surface area (Å²) in [4.78, 5) is 13.7. The van der Waals surface area contributed by atoms with Gasteiger partial charge in [0.15, 0.2) is 0 Å². The van der Waals surface area contributed by atoms with Crippen molar-refractivity contribution in [2.75, 3.05) is 13.1 Å². The maximum atomic E-state index is 12.7. The molecule has 1 aliphatic rings. The van der Waals surface area contributed by atoms with Crippen LogP contribution >= 0.6 is 0 Å². The Labute approximate surface area is 156 Å². The van der Waals surface area contributed by atoms with E-state index in [1.807, 2.05) is 12.1 Å². The summed E-state index contributed by atoms with van der Waals surface area (Å²) in [5.41, 5.74) is -0.0924. The number of nitrogens with zero attached hydrogens (tertiary/aromatic N) is 1. The average molecular weight is 388 g/mol. The molecule has 1 aromatic carbocycles. The fourth-order valence-corrected chi connectivity index (χ4v) is 4.68. The second-order valence-corrected chi connectivity index (χ2v) is 8.42. The first-order chi connectivity index (χ1) is 13.0. The van der Waals surface area contributed by atoms with Gasteiger partial charge in [0.1, 0.15) is 11.3 Å². The number of likely N-dealkylation sites (tertiary alicyclic amines) is 1. The number of hydrogen-bond donors (Lipinski definition) is 1. The Bertz CT molecular complexity index is 1080. The number of sulfonamides is 1. The Morgan fingerprint density at radius 2 is 1.93 bits per heavy atom. The van der Waals surface area contributed by atoms with E-state index in [2.05, 4.69) is 9.62 Å². The Kier molecular flexibility index (Phi) is 4.86. The smallest absolute Gasteiger partial charge is 0.336 e. The van der Waals surface area contributed by atoms with Crippen LogP contribution in [0.4, 0.5) is 0 Å². The molecule has 1 aliphatic heterocycles. The first-order valence-electron chi connectivity index (χ1n) is 8.81. The molecule has 0 bridgehead atoms. The highest BCUT2D eigenvalue weighted by Crippen LogP contribution is 2.20. The predicted octanol–water partition coefficient (Wildman–Crippen LogP) is 2.33. The normalized spacial score (nSPS) is 16.7. The number of piperidine rings is 1. The molecule has 0 amide bonds. The molecule has 7 nitrogen and oxygen atoms in total. The molecule has 2 aromatic heterocycles. The zero-order valence-electron chi connectivity index (χ0n) is 14.6. The molecule has 0 aliphatic carbocycles. The first kappa shape index (κ1) is 18.0. The van der Waals surface area contributed by atoms with Gasteiger partial charge in [-0.05, 0) is 49.2 Å². The van der Waals surface area contributed by atoms with Crippen LogP contribution < -0.4 is 10.3 Å². The highest BCUT2D eigenvalue weighted by atomic mass is 32.2. The van der Waals surface area contributed by atoms with Gasteiger partial charge in [0.05, 0.1) is 17.7 Å². The maximum Gasteiger partial charge on any atom is 0.336 e. The van der Waals surface area contributed by atoms with Gasteiger partial charge in [0.25, 0.3) is 0 Å². The van der Waals surface area contributed by atoms with Gasteiger partial charge in [-0.1, -0.05) is 0 Å². The van der Waals surface area contributed by atoms with E-state index in [1.54, 1.807) is 12.3 Å². The highest BCUT2D eigenvalue weighted by molar-refractivity contribution is 7.89. The van der Waals surface area contributed by atoms with Crippen LogP contribution in [0.3, 0.4) is 0 Å². The van der Waals surface area contributed by atoms with Gasteiger partial charge in [-0.3, -0.25) is 4.90 Å². The third-order valence-corrected chi connectivity index (χ3v) is 6.29. The van der Waals surface area contributed by atoms with Gasteiger partial charge in [-0.15, -0.1) is 0 Å². The van der Waals surface area contributed by atoms with Gasteiger partial charge < -0.3 is 8.83 Å². The number of benzene rings is 1. The monoisotopic (exact) mass is 388 g/mol. The van der Waals surface area contributed by atoms with E-state index in [0.29, 0.717) is 11.0 Å². The van der Waals surface area contributed by atoms with Gasteiger partial charge >= 0.3 is 5.63 Å². The molecule has 27 heavy (non-hydrogen) atoms. The van der Waals surface area contributed by atoms with E-state index in [0.717, 1.165) is 38.2 Å². The average Bonchev–Trinajstić information content (AvgIpc) is 3.15. The van der Waals surface area contributed by atoms with Crippen LogP contribution in [0, 0.1) is 0 Å². The minimum Gasteiger partial charge on any atom is -0.468 e. The summed E-state index contributed by atoms with van der Waals surface area (Å²) in [5.74, 6) is 0.914. The fourth-order valence-electron chi connectivity index (χ4n) is 3.34. The molecule has 8 heteroatoms. The Morgan fingerprint density at radius 3 is 2.67 bits per heavy atom. The van der Waals surface area contributed by atoms with Crippen molar-refractivity contribution in [1.29, 1.82) is 0 Å². The van der Waals surface area contributed by atoms with Crippen LogP contribution in [0.15, 0.2) is 67.3 Å². The van der Waals surface area contributed by atoms with Crippen LogP contribution in [0.2, 0.25) is 0 Å². The molecule has 1 N–H and O–H groups in total. The molecule has 1 fully saturated rings. The lowest BCUT2D eigenvalue weighted by molar-refractivity contribution is 0.187. The molecule has 1 saturated heterocycles. The Balaban J connectivity index is 1.41. The van der Waals surface area contributed by atoms with Crippen molar-refractivity contribution in [1.82, 2.24) is 9.62 Å². The van der Waals surface area contributed by atoms with Crippen molar-refractivity contribution < 1.29 is 17.3 Å². The van der Waals surface area contributed by atoms with Crippen molar-refractivity contribution in [2.45, 2.75) is 30.3 Å². The topological polar surface area (TPSA) is 92.8 Å². The van der Waals surface area contributed by atoms with E-state index in [-0.39, 0.29) is 10.9 Å². The van der Waals surface area contributed by atoms with Crippen molar-refractivity contribution in [3.63, 3.8) is 0 Å². The zero-order valence-corrected chi connectivity index (χ0v) is 15.4. The van der Waals surface area contributed by atoms with Gasteiger partial charge in [0.2, 0.25) is 10.0 Å². The summed E-state index contributed by atoms with van der Waals surface area (Å²) in [6, 6.07) is 11.0. The molecule has 0 saturated carbocycles. The van der Waals surface area contributed by atoms with E-state index < -0.39 is 15.6 Å². The molecule has 0 atom stereocenters. The number of fused-ring (bicyclic) bond motifs is 1. The summed E-state index contributed by atoms with van der Waals surface area (Å²) < 4.78 is 38.6. The van der Waals surface area contributed by atoms with Crippen LogP contribution in [-0.4, -0.2) is 32.4 Å². The van der Waals surface area contributed by atoms with Gasteiger partial charge in [-0.25, -0.2) is 17.9 Å². The first-order valence-corrected chi connectivity index (χ1v) is 10.3. The lowest BCUT2D eigenvalue weighted by Gasteiger charge is -2.31. The van der Waals surface area contributed by atoms with Gasteiger partial charge in [0, 0.05) is 30.6 Å². The third-order valence-electron chi connectivity index (χ3n) is 4.77. The standard InChI is InChI=1S/C19H20N2O5S/c22-19-6-3-14-12-17(4-5-18(14)26-19)27(23,24)20-15-7-9-21(10-8-15)13-16-2-1-11-25-16/h1-6,11-12,15,20H,7-10,13H2. The Hall–Kier alpha value is -2.42. The molecule has 0 spiro atoms. The maximum absolute atomic E-state index is 12.7. The summed E-state index contributed by atoms with van der Waals surface area (Å²) in [6.45, 7) is 2.34. The molecular formula is C19H20N2O5S. The van der Waals surface area contributed by atoms with Crippen molar-refractivity contribution >= 4 is 21.0 Å². The molecule has 142 valence electrons. The van der Waals surface area contributed by atoms with Crippen molar-refractivity contribution in [3.05, 3.63) is 64.9 Å². The minimum absolute atomic E-state index is 0.104.